The van der Waals surface area contributed by atoms with Gasteiger partial charge in [0.2, 0.25) is 0 Å². The largest absolute Gasteiger partial charge is 0.478 e. The Morgan fingerprint density at radius 1 is 0.345 bits per heavy atom. The van der Waals surface area contributed by atoms with Crippen LogP contribution >= 0.6 is 0 Å². The van der Waals surface area contributed by atoms with Gasteiger partial charge in [-0.2, -0.15) is 0 Å². The first-order valence-corrected chi connectivity index (χ1v) is 27.0. The van der Waals surface area contributed by atoms with Crippen molar-refractivity contribution in [3.63, 3.8) is 0 Å². The highest BCUT2D eigenvalue weighted by molar-refractivity contribution is 7.02. The van der Waals surface area contributed by atoms with E-state index in [0.717, 1.165) is 0 Å². The summed E-state index contributed by atoms with van der Waals surface area (Å²) in [5, 5.41) is 0. The Morgan fingerprint density at radius 3 is 0.690 bits per heavy atom. The molecule has 6 fully saturated rings. The van der Waals surface area contributed by atoms with E-state index in [1.807, 2.05) is 6.92 Å². The summed E-state index contributed by atoms with van der Waals surface area (Å²) in [6, 6.07) is 0.441. The topological polar surface area (TPSA) is 111 Å². The van der Waals surface area contributed by atoms with Crippen LogP contribution in [0.3, 0.4) is 0 Å². The molecule has 0 N–H and O–H groups in total. The zero-order valence-electron chi connectivity index (χ0n) is 17.6. The number of hydrogen-bond acceptors (Lipinski definition) is 12. The van der Waals surface area contributed by atoms with E-state index in [4.69, 9.17) is 49.4 Å². The summed E-state index contributed by atoms with van der Waals surface area (Å²) in [6.07, 6.45) is 0. The van der Waals surface area contributed by atoms with E-state index >= 15 is 0 Å². The van der Waals surface area contributed by atoms with Crippen LogP contribution < -0.4 is 0 Å². The van der Waals surface area contributed by atoms with Gasteiger partial charge in [0.15, 0.2) is 0 Å². The Balaban J connectivity index is 1.79. The van der Waals surface area contributed by atoms with Crippen molar-refractivity contribution in [2.75, 3.05) is 0 Å². The van der Waals surface area contributed by atoms with Crippen molar-refractivity contribution in [1.82, 2.24) is 0 Å². The van der Waals surface area contributed by atoms with Gasteiger partial charge in [0.25, 0.3) is 0 Å². The highest BCUT2D eigenvalue weighted by Gasteiger charge is 2.78. The molecule has 8 bridgehead atoms. The van der Waals surface area contributed by atoms with E-state index in [0.29, 0.717) is 6.04 Å². The fourth-order valence-electron chi connectivity index (χ4n) is 4.59. The second kappa shape index (κ2) is 6.03. The fraction of sp³-hybridized carbons (Fsp3) is 1.00. The summed E-state index contributed by atoms with van der Waals surface area (Å²) in [7, 11) is -27.3. The molecule has 6 aliphatic rings. The van der Waals surface area contributed by atoms with Gasteiger partial charge >= 0.3 is 70.4 Å². The molecule has 29 heavy (non-hydrogen) atoms. The zero-order chi connectivity index (χ0) is 21.2. The van der Waals surface area contributed by atoms with Crippen LogP contribution in [0.4, 0.5) is 0 Å². The molecule has 0 aromatic carbocycles. The van der Waals surface area contributed by atoms with Crippen molar-refractivity contribution in [2.24, 2.45) is 0 Å². The maximum absolute atomic E-state index is 6.54. The van der Waals surface area contributed by atoms with E-state index in [1.54, 1.807) is 45.8 Å². The van der Waals surface area contributed by atoms with Crippen LogP contribution in [-0.2, 0) is 49.4 Å². The summed E-state index contributed by atoms with van der Waals surface area (Å²) in [5.74, 6) is 0. The van der Waals surface area contributed by atoms with Gasteiger partial charge in [-0.15, -0.1) is 0 Å². The molecule has 6 aliphatic heterocycles. The van der Waals surface area contributed by atoms with Crippen LogP contribution in [0, 0.1) is 0 Å². The Labute approximate surface area is 178 Å². The first-order chi connectivity index (χ1) is 13.0. The maximum Gasteiger partial charge on any atom is 0.478 e. The van der Waals surface area contributed by atoms with Gasteiger partial charge in [-0.1, -0.05) is 6.92 Å². The molecule has 12 nitrogen and oxygen atoms in total. The van der Waals surface area contributed by atoms with Crippen LogP contribution in [0.2, 0.25) is 51.9 Å². The lowest BCUT2D eigenvalue weighted by Gasteiger charge is -2.60. The molecule has 6 rings (SSSR count). The molecule has 0 radical (unpaired) electrons. The van der Waals surface area contributed by atoms with Crippen LogP contribution in [0.1, 0.15) is 6.92 Å². The molecule has 0 atom stereocenters. The molecule has 0 unspecified atom stereocenters. The van der Waals surface area contributed by atoms with E-state index in [2.05, 4.69) is 0 Å². The molecule has 0 aromatic heterocycles. The normalized spacial score (nSPS) is 64.1. The minimum absolute atomic E-state index is 0.441. The van der Waals surface area contributed by atoms with Crippen LogP contribution in [0.5, 0.6) is 0 Å². The third-order valence-electron chi connectivity index (χ3n) is 4.79. The zero-order valence-corrected chi connectivity index (χ0v) is 25.6. The number of hydrogen-bond donors (Lipinski definition) is 0. The Morgan fingerprint density at radius 2 is 0.517 bits per heavy atom. The minimum Gasteiger partial charge on any atom is -0.374 e. The maximum atomic E-state index is 6.54. The van der Waals surface area contributed by atoms with Crippen LogP contribution in [0.15, 0.2) is 0 Å². The summed E-state index contributed by atoms with van der Waals surface area (Å²) < 4.78 is 77.7. The average Bonchev–Trinajstić information content (AvgIpc) is 2.35. The molecule has 166 valence electrons. The molecule has 0 saturated carbocycles. The van der Waals surface area contributed by atoms with Crippen LogP contribution in [0.25, 0.3) is 0 Å². The molecule has 20 heteroatoms. The van der Waals surface area contributed by atoms with Gasteiger partial charge in [0.1, 0.15) is 0 Å². The molecule has 6 heterocycles. The van der Waals surface area contributed by atoms with Gasteiger partial charge in [-0.25, -0.2) is 0 Å². The molecule has 0 aromatic rings. The highest BCUT2D eigenvalue weighted by Crippen LogP contribution is 2.48. The van der Waals surface area contributed by atoms with Crippen molar-refractivity contribution in [1.29, 1.82) is 0 Å². The third kappa shape index (κ3) is 3.74. The molecule has 0 spiro atoms. The Bertz CT molecular complexity index is 644. The van der Waals surface area contributed by atoms with Gasteiger partial charge < -0.3 is 49.4 Å². The predicted octanol–water partition coefficient (Wildman–Crippen LogP) is 1.19. The molecular formula is C9H26O12Si8. The standard InChI is InChI=1S/C9H26O12Si8/c1-9-29-19-26(6)13-23(3)10-22(2)11-24(4,15-26)17-28(8,21-29)18-25(5,12-22)16-27(7,14-23)20-29/h9H2,1-8H3. The summed E-state index contributed by atoms with van der Waals surface area (Å²) in [4.78, 5) is 0. The van der Waals surface area contributed by atoms with E-state index < -0.39 is 70.4 Å². The van der Waals surface area contributed by atoms with Gasteiger partial charge in [0, 0.05) is 51.9 Å². The summed E-state index contributed by atoms with van der Waals surface area (Å²) in [5.41, 5.74) is 0. The van der Waals surface area contributed by atoms with Crippen molar-refractivity contribution in [3.8, 4) is 0 Å². The van der Waals surface area contributed by atoms with Gasteiger partial charge in [-0.3, -0.25) is 0 Å². The lowest BCUT2D eigenvalue weighted by molar-refractivity contribution is -0.0189. The van der Waals surface area contributed by atoms with Gasteiger partial charge in [0.05, 0.1) is 0 Å². The summed E-state index contributed by atoms with van der Waals surface area (Å²) in [6.45, 7) is 14.3. The van der Waals surface area contributed by atoms with Crippen molar-refractivity contribution in [2.45, 2.75) is 58.8 Å². The SMILES string of the molecule is CC[Si]12O[Si]3(C)O[Si]4(C)O[Si]5(C)O[Si](C)(O3)O[Si](C)(O[Si](C)(O5)O[Si](C)(O4)O1)O2. The predicted molar refractivity (Wildman–Crippen MR) is 111 cm³/mol. The average molecular weight is 551 g/mol. The first-order valence-electron chi connectivity index (χ1n) is 9.46. The fourth-order valence-corrected chi connectivity index (χ4v) is 50.4. The Kier molecular flexibility index (Phi) is 4.59. The number of rotatable bonds is 1. The monoisotopic (exact) mass is 550 g/mol. The van der Waals surface area contributed by atoms with E-state index in [-0.39, 0.29) is 0 Å². The highest BCUT2D eigenvalue weighted by atomic mass is 28.6. The molecule has 0 amide bonds. The Hall–Kier alpha value is 1.26. The van der Waals surface area contributed by atoms with E-state index in [1.165, 1.54) is 0 Å². The summed E-state index contributed by atoms with van der Waals surface area (Å²) >= 11 is 0. The van der Waals surface area contributed by atoms with Gasteiger partial charge in [-0.05, 0) is 0 Å². The molecule has 0 aliphatic carbocycles. The van der Waals surface area contributed by atoms with Crippen molar-refractivity contribution < 1.29 is 49.4 Å². The smallest absolute Gasteiger partial charge is 0.374 e. The molecular weight excluding hydrogens is 525 g/mol. The van der Waals surface area contributed by atoms with Crippen molar-refractivity contribution >= 4 is 70.4 Å². The quantitative estimate of drug-likeness (QED) is 0.437. The lowest BCUT2D eigenvalue weighted by atomic mass is 11.0. The lowest BCUT2D eigenvalue weighted by Crippen LogP contribution is -2.86. The first kappa shape index (κ1) is 22.1. The minimum atomic E-state index is -3.42. The second-order valence-corrected chi connectivity index (χ2v) is 32.2. The second-order valence-electron chi connectivity index (χ2n) is 8.30. The van der Waals surface area contributed by atoms with E-state index in [9.17, 15) is 0 Å². The van der Waals surface area contributed by atoms with Crippen LogP contribution in [-0.4, -0.2) is 70.4 Å². The molecule has 6 saturated heterocycles. The third-order valence-corrected chi connectivity index (χ3v) is 40.5. The van der Waals surface area contributed by atoms with Crippen molar-refractivity contribution in [3.05, 3.63) is 0 Å².